The Morgan fingerprint density at radius 2 is 1.39 bits per heavy atom. The van der Waals surface area contributed by atoms with Gasteiger partial charge in [-0.3, -0.25) is 14.4 Å². The molecular weight excluding hydrogens is 396 g/mol. The maximum atomic E-state index is 12.4. The van der Waals surface area contributed by atoms with Crippen LogP contribution in [0.3, 0.4) is 0 Å². The van der Waals surface area contributed by atoms with E-state index in [-0.39, 0.29) is 6.42 Å². The molecule has 0 aliphatic carbocycles. The summed E-state index contributed by atoms with van der Waals surface area (Å²) in [6.45, 7) is -0.407. The Bertz CT molecular complexity index is 548. The molecule has 0 aliphatic heterocycles. The maximum absolute atomic E-state index is 12.4. The van der Waals surface area contributed by atoms with E-state index in [2.05, 4.69) is 10.6 Å². The predicted molar refractivity (Wildman–Crippen MR) is 100 cm³/mol. The summed E-state index contributed by atoms with van der Waals surface area (Å²) in [6.07, 6.45) is 0.814. The van der Waals surface area contributed by atoms with Crippen molar-refractivity contribution in [3.8, 4) is 0 Å². The minimum atomic E-state index is -1.60. The van der Waals surface area contributed by atoms with E-state index in [9.17, 15) is 29.4 Å². The van der Waals surface area contributed by atoms with Crippen molar-refractivity contribution in [2.75, 3.05) is 25.2 Å². The van der Waals surface area contributed by atoms with Gasteiger partial charge in [-0.2, -0.15) is 11.8 Å². The summed E-state index contributed by atoms with van der Waals surface area (Å²) in [6, 6.07) is -5.46. The number of hydrogen-bond donors (Lipinski definition) is 8. The number of carboxylic acids is 1. The minimum Gasteiger partial charge on any atom is -0.480 e. The minimum absolute atomic E-state index is 0.180. The van der Waals surface area contributed by atoms with Crippen molar-refractivity contribution in [3.05, 3.63) is 0 Å². The van der Waals surface area contributed by atoms with Gasteiger partial charge in [0.25, 0.3) is 0 Å². The number of rotatable bonds is 13. The van der Waals surface area contributed by atoms with Gasteiger partial charge >= 0.3 is 5.97 Å². The van der Waals surface area contributed by atoms with Crippen molar-refractivity contribution in [2.24, 2.45) is 5.73 Å². The van der Waals surface area contributed by atoms with Gasteiger partial charge in [0.1, 0.15) is 24.2 Å². The van der Waals surface area contributed by atoms with E-state index in [1.807, 2.05) is 5.32 Å². The van der Waals surface area contributed by atoms with Gasteiger partial charge in [-0.15, -0.1) is 0 Å². The lowest BCUT2D eigenvalue weighted by Crippen LogP contribution is -2.59. The molecule has 0 spiro atoms. The van der Waals surface area contributed by atoms with Crippen molar-refractivity contribution in [2.45, 2.75) is 43.6 Å². The van der Waals surface area contributed by atoms with Crippen molar-refractivity contribution in [3.63, 3.8) is 0 Å². The molecule has 13 heteroatoms. The Kier molecular flexibility index (Phi) is 12.4. The number of amides is 3. The van der Waals surface area contributed by atoms with Gasteiger partial charge in [0.2, 0.25) is 17.7 Å². The van der Waals surface area contributed by atoms with Crippen LogP contribution in [0.2, 0.25) is 0 Å². The molecule has 12 nitrogen and oxygen atoms in total. The fourth-order valence-corrected chi connectivity index (χ4v) is 2.39. The molecular formula is C15H28N4O8S. The normalized spacial score (nSPS) is 16.2. The molecule has 0 rings (SSSR count). The molecule has 5 unspecified atom stereocenters. The molecule has 0 bridgehead atoms. The van der Waals surface area contributed by atoms with Gasteiger partial charge in [0, 0.05) is 0 Å². The summed E-state index contributed by atoms with van der Waals surface area (Å²) < 4.78 is 0. The first kappa shape index (κ1) is 26.1. The van der Waals surface area contributed by atoms with E-state index in [4.69, 9.17) is 15.9 Å². The molecule has 28 heavy (non-hydrogen) atoms. The zero-order valence-corrected chi connectivity index (χ0v) is 16.4. The van der Waals surface area contributed by atoms with Crippen molar-refractivity contribution < 1.29 is 39.6 Å². The highest BCUT2D eigenvalue weighted by molar-refractivity contribution is 7.98. The number of carbonyl (C=O) groups is 4. The first-order valence-corrected chi connectivity index (χ1v) is 9.76. The lowest BCUT2D eigenvalue weighted by Gasteiger charge is -2.24. The number of hydrogen-bond acceptors (Lipinski definition) is 9. The summed E-state index contributed by atoms with van der Waals surface area (Å²) in [5.74, 6) is -3.61. The third-order valence-electron chi connectivity index (χ3n) is 3.68. The Labute approximate surface area is 166 Å². The molecule has 5 atom stereocenters. The van der Waals surface area contributed by atoms with Crippen LogP contribution in [-0.4, -0.2) is 99.6 Å². The fourth-order valence-electron chi connectivity index (χ4n) is 1.92. The van der Waals surface area contributed by atoms with Crippen molar-refractivity contribution in [1.82, 2.24) is 16.0 Å². The number of carboxylic acid groups (broad SMARTS) is 1. The predicted octanol–water partition coefficient (Wildman–Crippen LogP) is -4.03. The average molecular weight is 424 g/mol. The third kappa shape index (κ3) is 8.84. The first-order chi connectivity index (χ1) is 13.1. The quantitative estimate of drug-likeness (QED) is 0.143. The molecule has 0 saturated heterocycles. The lowest BCUT2D eigenvalue weighted by atomic mass is 10.1. The largest absolute Gasteiger partial charge is 0.480 e. The molecule has 0 radical (unpaired) electrons. The van der Waals surface area contributed by atoms with Gasteiger partial charge in [-0.05, 0) is 25.4 Å². The Balaban J connectivity index is 5.11. The summed E-state index contributed by atoms with van der Waals surface area (Å²) in [5.41, 5.74) is 5.53. The van der Waals surface area contributed by atoms with E-state index in [0.29, 0.717) is 5.75 Å². The monoisotopic (exact) mass is 424 g/mol. The zero-order chi connectivity index (χ0) is 21.9. The van der Waals surface area contributed by atoms with Gasteiger partial charge in [0.05, 0.1) is 19.3 Å². The second-order valence-electron chi connectivity index (χ2n) is 5.93. The van der Waals surface area contributed by atoms with Crippen LogP contribution in [0.4, 0.5) is 0 Å². The van der Waals surface area contributed by atoms with Gasteiger partial charge in [-0.25, -0.2) is 4.79 Å². The average Bonchev–Trinajstić information content (AvgIpc) is 2.65. The number of thioether (sulfide) groups is 1. The maximum Gasteiger partial charge on any atom is 0.328 e. The van der Waals surface area contributed by atoms with Gasteiger partial charge < -0.3 is 42.1 Å². The summed E-state index contributed by atoms with van der Waals surface area (Å²) in [7, 11) is 0. The summed E-state index contributed by atoms with van der Waals surface area (Å²) in [5, 5.41) is 43.1. The Morgan fingerprint density at radius 3 is 1.82 bits per heavy atom. The van der Waals surface area contributed by atoms with Crippen molar-refractivity contribution in [1.29, 1.82) is 0 Å². The van der Waals surface area contributed by atoms with Crippen LogP contribution in [-0.2, 0) is 19.2 Å². The fraction of sp³-hybridized carbons (Fsp3) is 0.733. The first-order valence-electron chi connectivity index (χ1n) is 8.37. The SMILES string of the molecule is CSCCC(NC(=O)C(N)C(C)O)C(=O)NC(CO)C(=O)NC(CO)C(=O)O. The van der Waals surface area contributed by atoms with E-state index in [1.54, 1.807) is 6.26 Å². The van der Waals surface area contributed by atoms with E-state index in [0.717, 1.165) is 0 Å². The lowest BCUT2D eigenvalue weighted by molar-refractivity contribution is -0.143. The highest BCUT2D eigenvalue weighted by atomic mass is 32.2. The van der Waals surface area contributed by atoms with Crippen LogP contribution < -0.4 is 21.7 Å². The molecule has 0 saturated carbocycles. The number of nitrogens with two attached hydrogens (primary N) is 1. The van der Waals surface area contributed by atoms with Crippen LogP contribution in [0.15, 0.2) is 0 Å². The van der Waals surface area contributed by atoms with E-state index >= 15 is 0 Å². The topological polar surface area (TPSA) is 211 Å². The molecule has 162 valence electrons. The molecule has 3 amide bonds. The second-order valence-corrected chi connectivity index (χ2v) is 6.92. The van der Waals surface area contributed by atoms with E-state index in [1.165, 1.54) is 18.7 Å². The summed E-state index contributed by atoms with van der Waals surface area (Å²) in [4.78, 5) is 47.3. The highest BCUT2D eigenvalue weighted by Crippen LogP contribution is 2.03. The number of aliphatic hydroxyl groups is 3. The Hall–Kier alpha value is -1.93. The summed E-state index contributed by atoms with van der Waals surface area (Å²) >= 11 is 1.40. The molecule has 0 aromatic rings. The Morgan fingerprint density at radius 1 is 0.929 bits per heavy atom. The molecule has 0 aromatic carbocycles. The molecule has 0 heterocycles. The molecule has 0 fully saturated rings. The number of aliphatic hydroxyl groups excluding tert-OH is 3. The van der Waals surface area contributed by atoms with Crippen LogP contribution in [0.25, 0.3) is 0 Å². The molecule has 0 aromatic heterocycles. The van der Waals surface area contributed by atoms with Crippen LogP contribution in [0.1, 0.15) is 13.3 Å². The molecule has 9 N–H and O–H groups in total. The number of nitrogens with one attached hydrogen (secondary N) is 3. The zero-order valence-electron chi connectivity index (χ0n) is 15.6. The van der Waals surface area contributed by atoms with E-state index < -0.39 is 67.2 Å². The number of aliphatic carboxylic acids is 1. The van der Waals surface area contributed by atoms with Crippen LogP contribution in [0, 0.1) is 0 Å². The third-order valence-corrected chi connectivity index (χ3v) is 4.32. The van der Waals surface area contributed by atoms with Gasteiger partial charge in [-0.1, -0.05) is 0 Å². The van der Waals surface area contributed by atoms with Crippen LogP contribution >= 0.6 is 11.8 Å². The van der Waals surface area contributed by atoms with Gasteiger partial charge in [0.15, 0.2) is 0 Å². The standard InChI is InChI=1S/C15H28N4O8S/c1-7(22)11(16)14(25)17-8(3-4-28-2)12(23)18-9(5-20)13(24)19-10(6-21)15(26)27/h7-11,20-22H,3-6,16H2,1-2H3,(H,17,25)(H,18,23)(H,19,24)(H,26,27). The number of carbonyl (C=O) groups excluding carboxylic acids is 3. The smallest absolute Gasteiger partial charge is 0.328 e. The molecule has 0 aliphatic rings. The highest BCUT2D eigenvalue weighted by Gasteiger charge is 2.30. The van der Waals surface area contributed by atoms with Crippen molar-refractivity contribution >= 4 is 35.5 Å². The second kappa shape index (κ2) is 13.3. The van der Waals surface area contributed by atoms with Crippen LogP contribution in [0.5, 0.6) is 0 Å².